The molecule has 0 aliphatic carbocycles. The lowest BCUT2D eigenvalue weighted by Crippen LogP contribution is -2.36. The van der Waals surface area contributed by atoms with E-state index >= 15 is 0 Å². The largest absolute Gasteiger partial charge is 0.450 e. The van der Waals surface area contributed by atoms with Gasteiger partial charge in [-0.15, -0.1) is 0 Å². The molecule has 19 heavy (non-hydrogen) atoms. The highest BCUT2D eigenvalue weighted by atomic mass is 16.2. The molecule has 1 radical (unpaired) electrons. The predicted octanol–water partition coefficient (Wildman–Crippen LogP) is 0.790. The van der Waals surface area contributed by atoms with Gasteiger partial charge in [-0.2, -0.15) is 0 Å². The van der Waals surface area contributed by atoms with Gasteiger partial charge in [-0.25, -0.2) is 0 Å². The van der Waals surface area contributed by atoms with Crippen LogP contribution in [0.3, 0.4) is 0 Å². The van der Waals surface area contributed by atoms with Gasteiger partial charge >= 0.3 is 7.48 Å². The first-order valence-corrected chi connectivity index (χ1v) is 6.82. The summed E-state index contributed by atoms with van der Waals surface area (Å²) in [6, 6.07) is 8.92. The molecular formula is C15H22BN2O. The van der Waals surface area contributed by atoms with E-state index in [1.54, 1.807) is 0 Å². The molecule has 3 N–H and O–H groups in total. The third-order valence-corrected chi connectivity index (χ3v) is 3.96. The highest BCUT2D eigenvalue weighted by Crippen LogP contribution is 2.28. The van der Waals surface area contributed by atoms with Gasteiger partial charge in [0.2, 0.25) is 0 Å². The minimum atomic E-state index is 0.101. The van der Waals surface area contributed by atoms with Crippen LogP contribution in [0.15, 0.2) is 36.5 Å². The second-order valence-corrected chi connectivity index (χ2v) is 5.51. The van der Waals surface area contributed by atoms with Crippen LogP contribution < -0.4 is 11.2 Å². The molecule has 0 spiro atoms. The summed E-state index contributed by atoms with van der Waals surface area (Å²) in [6.45, 7) is 8.54. The lowest BCUT2D eigenvalue weighted by atomic mass is 9.88. The summed E-state index contributed by atoms with van der Waals surface area (Å²) in [5, 5.41) is 8.92. The Bertz CT molecular complexity index is 446. The third kappa shape index (κ3) is 3.02. The third-order valence-electron chi connectivity index (χ3n) is 3.96. The molecule has 1 aromatic rings. The van der Waals surface area contributed by atoms with Crippen molar-refractivity contribution in [3.05, 3.63) is 42.1 Å². The van der Waals surface area contributed by atoms with Crippen LogP contribution in [0.2, 0.25) is 0 Å². The average molecular weight is 257 g/mol. The maximum absolute atomic E-state index is 8.92. The van der Waals surface area contributed by atoms with E-state index in [4.69, 9.17) is 10.8 Å². The molecular weight excluding hydrogens is 235 g/mol. The van der Waals surface area contributed by atoms with Gasteiger partial charge in [-0.05, 0) is 32.3 Å². The van der Waals surface area contributed by atoms with Crippen LogP contribution in [-0.2, 0) is 6.42 Å². The van der Waals surface area contributed by atoms with Gasteiger partial charge in [0, 0.05) is 23.8 Å². The van der Waals surface area contributed by atoms with Crippen molar-refractivity contribution >= 4 is 12.9 Å². The van der Waals surface area contributed by atoms with E-state index in [1.165, 1.54) is 5.56 Å². The zero-order valence-corrected chi connectivity index (χ0v) is 11.7. The molecule has 1 aromatic carbocycles. The summed E-state index contributed by atoms with van der Waals surface area (Å²) >= 11 is 0. The van der Waals surface area contributed by atoms with Crippen molar-refractivity contribution in [2.75, 3.05) is 0 Å². The summed E-state index contributed by atoms with van der Waals surface area (Å²) < 4.78 is 0. The van der Waals surface area contributed by atoms with Crippen LogP contribution in [0.25, 0.3) is 0 Å². The van der Waals surface area contributed by atoms with Crippen molar-refractivity contribution in [1.82, 2.24) is 4.90 Å². The molecule has 2 unspecified atom stereocenters. The number of hydrogen-bond acceptors (Lipinski definition) is 3. The lowest BCUT2D eigenvalue weighted by molar-refractivity contribution is 0.240. The topological polar surface area (TPSA) is 49.5 Å². The number of rotatable bonds is 4. The molecule has 0 saturated carbocycles. The van der Waals surface area contributed by atoms with Crippen molar-refractivity contribution in [2.45, 2.75) is 44.8 Å². The molecule has 101 valence electrons. The fourth-order valence-electron chi connectivity index (χ4n) is 2.99. The molecule has 1 aliphatic heterocycles. The molecule has 0 amide bonds. The summed E-state index contributed by atoms with van der Waals surface area (Å²) in [7, 11) is 1.12. The first-order chi connectivity index (χ1) is 9.02. The molecule has 2 rings (SSSR count). The fourth-order valence-corrected chi connectivity index (χ4v) is 2.99. The summed E-state index contributed by atoms with van der Waals surface area (Å²) in [4.78, 5) is 2.34. The molecule has 1 fully saturated rings. The number of hydrogen-bond donors (Lipinski definition) is 2. The van der Waals surface area contributed by atoms with Gasteiger partial charge < -0.3 is 15.7 Å². The number of nitrogens with zero attached hydrogens (tertiary/aromatic N) is 1. The Hall–Kier alpha value is -1.26. The van der Waals surface area contributed by atoms with E-state index in [0.29, 0.717) is 12.1 Å². The van der Waals surface area contributed by atoms with E-state index < -0.39 is 0 Å². The quantitative estimate of drug-likeness (QED) is 0.784. The Balaban J connectivity index is 2.03. The maximum atomic E-state index is 8.92. The van der Waals surface area contributed by atoms with Gasteiger partial charge in [0.1, 0.15) is 0 Å². The van der Waals surface area contributed by atoms with Crippen LogP contribution in [0.1, 0.15) is 25.8 Å². The first-order valence-electron chi connectivity index (χ1n) is 6.82. The van der Waals surface area contributed by atoms with Crippen molar-refractivity contribution in [3.63, 3.8) is 0 Å². The lowest BCUT2D eigenvalue weighted by Gasteiger charge is -2.32. The van der Waals surface area contributed by atoms with Crippen molar-refractivity contribution in [1.29, 1.82) is 0 Å². The molecule has 3 atom stereocenters. The highest BCUT2D eigenvalue weighted by molar-refractivity contribution is 6.45. The normalized spacial score (nSPS) is 24.6. The summed E-state index contributed by atoms with van der Waals surface area (Å²) in [5.74, 6) is 0. The van der Waals surface area contributed by atoms with Gasteiger partial charge in [-0.3, -0.25) is 0 Å². The second-order valence-electron chi connectivity index (χ2n) is 5.51. The van der Waals surface area contributed by atoms with Gasteiger partial charge in [0.05, 0.1) is 0 Å². The number of benzene rings is 1. The number of likely N-dealkylation sites (tertiary alicyclic amines) is 1. The molecule has 1 aliphatic rings. The average Bonchev–Trinajstić information content (AvgIpc) is 2.64. The minimum absolute atomic E-state index is 0.101. The van der Waals surface area contributed by atoms with Crippen LogP contribution in [0, 0.1) is 0 Å². The predicted molar refractivity (Wildman–Crippen MR) is 80.2 cm³/mol. The van der Waals surface area contributed by atoms with Crippen LogP contribution >= 0.6 is 0 Å². The minimum Gasteiger partial charge on any atom is -0.450 e. The Morgan fingerprint density at radius 2 is 2.11 bits per heavy atom. The molecule has 0 bridgehead atoms. The Labute approximate surface area is 116 Å². The highest BCUT2D eigenvalue weighted by Gasteiger charge is 2.32. The van der Waals surface area contributed by atoms with E-state index in [1.807, 2.05) is 12.1 Å². The van der Waals surface area contributed by atoms with Crippen LogP contribution in [0.5, 0.6) is 0 Å². The van der Waals surface area contributed by atoms with E-state index in [9.17, 15) is 0 Å². The molecule has 1 heterocycles. The Kier molecular flexibility index (Phi) is 4.33. The molecule has 1 saturated heterocycles. The number of nitrogens with two attached hydrogens (primary N) is 1. The van der Waals surface area contributed by atoms with Crippen LogP contribution in [0.4, 0.5) is 0 Å². The smallest absolute Gasteiger partial charge is 0.326 e. The van der Waals surface area contributed by atoms with Crippen molar-refractivity contribution in [3.8, 4) is 0 Å². The van der Waals surface area contributed by atoms with Gasteiger partial charge in [0.25, 0.3) is 0 Å². The molecule has 3 nitrogen and oxygen atoms in total. The zero-order chi connectivity index (χ0) is 14.0. The van der Waals surface area contributed by atoms with Crippen molar-refractivity contribution < 1.29 is 5.02 Å². The van der Waals surface area contributed by atoms with E-state index in [2.05, 4.69) is 37.5 Å². The van der Waals surface area contributed by atoms with Crippen LogP contribution in [-0.4, -0.2) is 35.5 Å². The summed E-state index contributed by atoms with van der Waals surface area (Å²) in [5.41, 5.74) is 9.20. The Morgan fingerprint density at radius 1 is 1.47 bits per heavy atom. The van der Waals surface area contributed by atoms with Gasteiger partial charge in [-0.1, -0.05) is 36.3 Å². The van der Waals surface area contributed by atoms with E-state index in [-0.39, 0.29) is 6.04 Å². The van der Waals surface area contributed by atoms with E-state index in [0.717, 1.165) is 31.5 Å². The monoisotopic (exact) mass is 257 g/mol. The first kappa shape index (κ1) is 14.2. The maximum Gasteiger partial charge on any atom is 0.326 e. The molecule has 0 aromatic heterocycles. The SMILES string of the molecule is C=C1C(N)CC(C)N1[C@H](C)Cc1ccc([B]O)cc1. The Morgan fingerprint density at radius 3 is 2.58 bits per heavy atom. The summed E-state index contributed by atoms with van der Waals surface area (Å²) in [6.07, 6.45) is 1.95. The van der Waals surface area contributed by atoms with Crippen molar-refractivity contribution in [2.24, 2.45) is 5.73 Å². The molecule has 4 heteroatoms. The fraction of sp³-hybridized carbons (Fsp3) is 0.467. The zero-order valence-electron chi connectivity index (χ0n) is 11.7. The second kappa shape index (κ2) is 5.80. The standard InChI is InChI=1S/C15H22BN2O/c1-10(18-11(2)9-15(17)12(18)3)8-13-4-6-14(16-19)7-5-13/h4-7,10-11,15,19H,3,8-9,17H2,1-2H3/t10-,11?,15?/m1/s1. The van der Waals surface area contributed by atoms with Gasteiger partial charge in [0.15, 0.2) is 0 Å².